The van der Waals surface area contributed by atoms with Crippen LogP contribution < -0.4 is 9.47 Å². The Kier molecular flexibility index (Phi) is 9.05. The highest BCUT2D eigenvalue weighted by atomic mass is 16.5. The Morgan fingerprint density at radius 3 is 1.09 bits per heavy atom. The van der Waals surface area contributed by atoms with Crippen molar-refractivity contribution in [2.24, 2.45) is 0 Å². The highest BCUT2D eigenvalue weighted by Gasteiger charge is 2.11. The van der Waals surface area contributed by atoms with Crippen LogP contribution in [0.15, 0.2) is 133 Å². The molecule has 0 fully saturated rings. The third kappa shape index (κ3) is 7.49. The molecular formula is C37H32N4O2. The maximum atomic E-state index is 6.11. The van der Waals surface area contributed by atoms with Crippen LogP contribution in [-0.2, 0) is 0 Å². The first kappa shape index (κ1) is 27.8. The quantitative estimate of drug-likeness (QED) is 0.139. The molecule has 0 saturated carbocycles. The summed E-state index contributed by atoms with van der Waals surface area (Å²) in [4.78, 5) is 19.0. The lowest BCUT2D eigenvalue weighted by molar-refractivity contribution is 0.269. The average Bonchev–Trinajstić information content (AvgIpc) is 3.09. The Labute approximate surface area is 252 Å². The zero-order chi connectivity index (χ0) is 29.1. The van der Waals surface area contributed by atoms with Gasteiger partial charge in [0.2, 0.25) is 11.8 Å². The standard InChI is InChI=1S/C37H32N4O2/c1-6-16-28(17-7-1)32-26-34(40-36(38-32)30-20-10-3-11-21-30)42-24-14-5-15-25-43-35-27-33(29-18-8-2-9-19-29)39-37(41-35)31-22-12-4-13-23-31/h1-4,6-13,16-23,26-27H,5,14-15,24-25H2. The van der Waals surface area contributed by atoms with Gasteiger partial charge in [0.15, 0.2) is 11.6 Å². The first-order chi connectivity index (χ1) is 21.3. The van der Waals surface area contributed by atoms with Crippen molar-refractivity contribution in [3.8, 4) is 57.1 Å². The van der Waals surface area contributed by atoms with Gasteiger partial charge in [-0.05, 0) is 19.3 Å². The Balaban J connectivity index is 1.06. The van der Waals surface area contributed by atoms with E-state index in [2.05, 4.69) is 0 Å². The van der Waals surface area contributed by atoms with Crippen LogP contribution in [0.25, 0.3) is 45.3 Å². The first-order valence-electron chi connectivity index (χ1n) is 14.6. The number of ether oxygens (including phenoxy) is 2. The molecule has 0 bridgehead atoms. The van der Waals surface area contributed by atoms with E-state index in [1.54, 1.807) is 0 Å². The number of benzene rings is 4. The fraction of sp³-hybridized carbons (Fsp3) is 0.135. The van der Waals surface area contributed by atoms with Gasteiger partial charge in [0.25, 0.3) is 0 Å². The van der Waals surface area contributed by atoms with E-state index in [9.17, 15) is 0 Å². The Bertz CT molecular complexity index is 1490. The lowest BCUT2D eigenvalue weighted by Gasteiger charge is -2.11. The van der Waals surface area contributed by atoms with Crippen molar-refractivity contribution in [1.29, 1.82) is 0 Å². The summed E-state index contributed by atoms with van der Waals surface area (Å²) in [6.07, 6.45) is 2.70. The maximum Gasteiger partial charge on any atom is 0.217 e. The van der Waals surface area contributed by atoms with Gasteiger partial charge in [-0.1, -0.05) is 121 Å². The van der Waals surface area contributed by atoms with Crippen LogP contribution in [0, 0.1) is 0 Å². The topological polar surface area (TPSA) is 70.0 Å². The summed E-state index contributed by atoms with van der Waals surface area (Å²) in [5.41, 5.74) is 5.65. The minimum Gasteiger partial charge on any atom is -0.478 e. The average molecular weight is 565 g/mol. The van der Waals surface area contributed by atoms with E-state index in [1.807, 2.05) is 133 Å². The van der Waals surface area contributed by atoms with E-state index >= 15 is 0 Å². The molecule has 0 N–H and O–H groups in total. The van der Waals surface area contributed by atoms with Crippen LogP contribution in [0.4, 0.5) is 0 Å². The zero-order valence-corrected chi connectivity index (χ0v) is 23.8. The van der Waals surface area contributed by atoms with Crippen LogP contribution in [0.5, 0.6) is 11.8 Å². The zero-order valence-electron chi connectivity index (χ0n) is 23.8. The molecule has 6 rings (SSSR count). The maximum absolute atomic E-state index is 6.11. The highest BCUT2D eigenvalue weighted by molar-refractivity contribution is 5.66. The summed E-state index contributed by atoms with van der Waals surface area (Å²) in [5, 5.41) is 0. The molecular weight excluding hydrogens is 532 g/mol. The van der Waals surface area contributed by atoms with Crippen molar-refractivity contribution < 1.29 is 9.47 Å². The van der Waals surface area contributed by atoms with Crippen molar-refractivity contribution >= 4 is 0 Å². The first-order valence-corrected chi connectivity index (χ1v) is 14.6. The van der Waals surface area contributed by atoms with Gasteiger partial charge >= 0.3 is 0 Å². The Morgan fingerprint density at radius 1 is 0.372 bits per heavy atom. The normalized spacial score (nSPS) is 10.8. The molecule has 0 aliphatic carbocycles. The molecule has 0 aliphatic heterocycles. The largest absolute Gasteiger partial charge is 0.478 e. The number of hydrogen-bond acceptors (Lipinski definition) is 6. The van der Waals surface area contributed by atoms with Crippen LogP contribution >= 0.6 is 0 Å². The molecule has 6 aromatic rings. The molecule has 6 nitrogen and oxygen atoms in total. The van der Waals surface area contributed by atoms with Gasteiger partial charge in [0, 0.05) is 34.4 Å². The van der Waals surface area contributed by atoms with E-state index in [1.165, 1.54) is 0 Å². The number of unbranched alkanes of at least 4 members (excludes halogenated alkanes) is 2. The van der Waals surface area contributed by atoms with Gasteiger partial charge in [-0.15, -0.1) is 0 Å². The summed E-state index contributed by atoms with van der Waals surface area (Å²) in [5.74, 6) is 2.46. The smallest absolute Gasteiger partial charge is 0.217 e. The lowest BCUT2D eigenvalue weighted by atomic mass is 10.1. The van der Waals surface area contributed by atoms with Gasteiger partial charge < -0.3 is 9.47 Å². The lowest BCUT2D eigenvalue weighted by Crippen LogP contribution is -2.04. The summed E-state index contributed by atoms with van der Waals surface area (Å²) in [6.45, 7) is 1.12. The second-order valence-electron chi connectivity index (χ2n) is 10.1. The molecule has 0 atom stereocenters. The van der Waals surface area contributed by atoms with Crippen molar-refractivity contribution in [3.63, 3.8) is 0 Å². The third-order valence-electron chi connectivity index (χ3n) is 6.90. The molecule has 212 valence electrons. The molecule has 0 unspecified atom stereocenters. The molecule has 43 heavy (non-hydrogen) atoms. The third-order valence-corrected chi connectivity index (χ3v) is 6.90. The van der Waals surface area contributed by atoms with Crippen molar-refractivity contribution in [3.05, 3.63) is 133 Å². The number of hydrogen-bond donors (Lipinski definition) is 0. The van der Waals surface area contributed by atoms with E-state index in [0.29, 0.717) is 36.6 Å². The highest BCUT2D eigenvalue weighted by Crippen LogP contribution is 2.27. The summed E-state index contributed by atoms with van der Waals surface area (Å²) in [7, 11) is 0. The van der Waals surface area contributed by atoms with Crippen molar-refractivity contribution in [2.45, 2.75) is 19.3 Å². The van der Waals surface area contributed by atoms with Gasteiger partial charge in [-0.3, -0.25) is 0 Å². The van der Waals surface area contributed by atoms with Crippen molar-refractivity contribution in [1.82, 2.24) is 19.9 Å². The number of aromatic nitrogens is 4. The molecule has 0 saturated heterocycles. The van der Waals surface area contributed by atoms with E-state index in [4.69, 9.17) is 29.4 Å². The van der Waals surface area contributed by atoms with E-state index in [-0.39, 0.29) is 0 Å². The minimum atomic E-state index is 0.559. The number of rotatable bonds is 12. The molecule has 6 heteroatoms. The monoisotopic (exact) mass is 564 g/mol. The SMILES string of the molecule is c1ccc(-c2cc(OCCCCCOc3cc(-c4ccccc4)nc(-c4ccccc4)n3)nc(-c3ccccc3)n2)cc1. The van der Waals surface area contributed by atoms with Gasteiger partial charge in [0.05, 0.1) is 24.6 Å². The second kappa shape index (κ2) is 14.0. The van der Waals surface area contributed by atoms with Gasteiger partial charge in [-0.2, -0.15) is 9.97 Å². The molecule has 0 spiro atoms. The summed E-state index contributed by atoms with van der Waals surface area (Å²) >= 11 is 0. The number of nitrogens with zero attached hydrogens (tertiary/aromatic N) is 4. The van der Waals surface area contributed by atoms with E-state index in [0.717, 1.165) is 52.9 Å². The molecule has 0 amide bonds. The van der Waals surface area contributed by atoms with Gasteiger partial charge in [-0.25, -0.2) is 9.97 Å². The predicted molar refractivity (Wildman–Crippen MR) is 171 cm³/mol. The Hall–Kier alpha value is -5.36. The molecule has 0 aliphatic rings. The molecule has 0 radical (unpaired) electrons. The summed E-state index contributed by atoms with van der Waals surface area (Å²) in [6, 6.07) is 44.0. The van der Waals surface area contributed by atoms with Crippen LogP contribution in [0.2, 0.25) is 0 Å². The Morgan fingerprint density at radius 2 is 0.721 bits per heavy atom. The predicted octanol–water partition coefficient (Wildman–Crippen LogP) is 8.56. The second-order valence-corrected chi connectivity index (χ2v) is 10.1. The van der Waals surface area contributed by atoms with Crippen LogP contribution in [-0.4, -0.2) is 33.1 Å². The van der Waals surface area contributed by atoms with Crippen LogP contribution in [0.1, 0.15) is 19.3 Å². The molecule has 4 aromatic carbocycles. The van der Waals surface area contributed by atoms with Crippen molar-refractivity contribution in [2.75, 3.05) is 13.2 Å². The van der Waals surface area contributed by atoms with Crippen LogP contribution in [0.3, 0.4) is 0 Å². The molecule has 2 heterocycles. The summed E-state index contributed by atoms with van der Waals surface area (Å²) < 4.78 is 12.2. The fourth-order valence-electron chi connectivity index (χ4n) is 4.68. The minimum absolute atomic E-state index is 0.559. The van der Waals surface area contributed by atoms with Gasteiger partial charge in [0.1, 0.15) is 0 Å². The van der Waals surface area contributed by atoms with E-state index < -0.39 is 0 Å². The molecule has 2 aromatic heterocycles. The fourth-order valence-corrected chi connectivity index (χ4v) is 4.68.